The first-order valence-corrected chi connectivity index (χ1v) is 9.80. The van der Waals surface area contributed by atoms with Crippen molar-refractivity contribution in [1.82, 2.24) is 5.32 Å². The van der Waals surface area contributed by atoms with Gasteiger partial charge in [0, 0.05) is 6.07 Å². The van der Waals surface area contributed by atoms with Crippen LogP contribution < -0.4 is 19.7 Å². The van der Waals surface area contributed by atoms with Gasteiger partial charge in [0.25, 0.3) is 11.8 Å². The summed E-state index contributed by atoms with van der Waals surface area (Å²) < 4.78 is 11.1. The highest BCUT2D eigenvalue weighted by Crippen LogP contribution is 2.35. The molecule has 1 fully saturated rings. The number of amides is 4. The summed E-state index contributed by atoms with van der Waals surface area (Å²) in [5.74, 6) is -0.639. The van der Waals surface area contributed by atoms with E-state index in [1.165, 1.54) is 6.08 Å². The van der Waals surface area contributed by atoms with Gasteiger partial charge in [-0.2, -0.15) is 0 Å². The lowest BCUT2D eigenvalue weighted by Crippen LogP contribution is -2.54. The highest BCUT2D eigenvalue weighted by molar-refractivity contribution is 6.40. The van der Waals surface area contributed by atoms with Crippen molar-refractivity contribution in [2.75, 3.05) is 18.1 Å². The number of rotatable bonds is 6. The number of hydrogen-bond acceptors (Lipinski definition) is 5. The molecular formula is C22H21ClN2O5. The lowest BCUT2D eigenvalue weighted by molar-refractivity contribution is -0.122. The van der Waals surface area contributed by atoms with E-state index in [1.54, 1.807) is 36.4 Å². The van der Waals surface area contributed by atoms with Gasteiger partial charge in [-0.25, -0.2) is 9.69 Å². The van der Waals surface area contributed by atoms with E-state index < -0.39 is 17.8 Å². The Balaban J connectivity index is 2.03. The summed E-state index contributed by atoms with van der Waals surface area (Å²) in [4.78, 5) is 38.6. The smallest absolute Gasteiger partial charge is 0.335 e. The molecule has 8 heteroatoms. The fourth-order valence-corrected chi connectivity index (χ4v) is 3.15. The fourth-order valence-electron chi connectivity index (χ4n) is 2.94. The molecule has 0 bridgehead atoms. The predicted molar refractivity (Wildman–Crippen MR) is 114 cm³/mol. The van der Waals surface area contributed by atoms with Crippen molar-refractivity contribution < 1.29 is 23.9 Å². The molecule has 4 amide bonds. The van der Waals surface area contributed by atoms with Gasteiger partial charge in [-0.15, -0.1) is 0 Å². The second-order valence-electron chi connectivity index (χ2n) is 6.48. The molecule has 7 nitrogen and oxygen atoms in total. The number of hydrogen-bond donors (Lipinski definition) is 1. The number of halogens is 1. The van der Waals surface area contributed by atoms with Crippen LogP contribution in [0.2, 0.25) is 5.02 Å². The highest BCUT2D eigenvalue weighted by atomic mass is 35.5. The van der Waals surface area contributed by atoms with Crippen molar-refractivity contribution in [3.63, 3.8) is 0 Å². The topological polar surface area (TPSA) is 84.9 Å². The van der Waals surface area contributed by atoms with Crippen molar-refractivity contribution in [3.05, 3.63) is 58.1 Å². The van der Waals surface area contributed by atoms with Gasteiger partial charge in [-0.3, -0.25) is 14.9 Å². The molecule has 2 aromatic carbocycles. The molecule has 0 spiro atoms. The number of aryl methyl sites for hydroxylation is 1. The summed E-state index contributed by atoms with van der Waals surface area (Å²) in [6.07, 6.45) is 1.34. The van der Waals surface area contributed by atoms with E-state index in [4.69, 9.17) is 21.1 Å². The predicted octanol–water partition coefficient (Wildman–Crippen LogP) is 4.11. The average molecular weight is 429 g/mol. The van der Waals surface area contributed by atoms with E-state index in [2.05, 4.69) is 5.32 Å². The summed E-state index contributed by atoms with van der Waals surface area (Å²) >= 11 is 6.35. The van der Waals surface area contributed by atoms with E-state index in [1.807, 2.05) is 20.8 Å². The molecule has 0 radical (unpaired) electrons. The number of carbonyl (C=O) groups excluding carboxylic acids is 3. The summed E-state index contributed by atoms with van der Waals surface area (Å²) in [6, 6.07) is 9.17. The SMILES string of the molecule is CCOc1cc(Cl)c(/C=C2\C(=O)NC(=O)N(c3ccc(C)cc3)C2=O)cc1OCC. The molecular weight excluding hydrogens is 408 g/mol. The summed E-state index contributed by atoms with van der Waals surface area (Å²) in [6.45, 7) is 6.37. The standard InChI is InChI=1S/C22H21ClN2O5/c1-4-29-18-11-14(17(23)12-19(18)30-5-2)10-16-20(26)24-22(28)25(21(16)27)15-8-6-13(3)7-9-15/h6-12H,4-5H2,1-3H3,(H,24,26,28)/b16-10+. The minimum Gasteiger partial charge on any atom is -0.490 e. The molecule has 30 heavy (non-hydrogen) atoms. The molecule has 0 saturated carbocycles. The maximum Gasteiger partial charge on any atom is 0.335 e. The van der Waals surface area contributed by atoms with Crippen LogP contribution in [0.25, 0.3) is 6.08 Å². The van der Waals surface area contributed by atoms with Crippen molar-refractivity contribution in [3.8, 4) is 11.5 Å². The molecule has 0 unspecified atom stereocenters. The lowest BCUT2D eigenvalue weighted by atomic mass is 10.1. The average Bonchev–Trinajstić information content (AvgIpc) is 2.69. The third kappa shape index (κ3) is 4.31. The molecule has 1 aliphatic rings. The van der Waals surface area contributed by atoms with Gasteiger partial charge >= 0.3 is 6.03 Å². The Morgan fingerprint density at radius 1 is 1.00 bits per heavy atom. The van der Waals surface area contributed by atoms with Gasteiger partial charge in [-0.05, 0) is 50.6 Å². The Labute approximate surface area is 179 Å². The maximum atomic E-state index is 13.0. The molecule has 0 aromatic heterocycles. The zero-order valence-electron chi connectivity index (χ0n) is 16.8. The molecule has 2 aromatic rings. The number of benzene rings is 2. The molecule has 1 N–H and O–H groups in total. The Morgan fingerprint density at radius 3 is 2.20 bits per heavy atom. The van der Waals surface area contributed by atoms with Crippen LogP contribution in [-0.4, -0.2) is 31.1 Å². The first-order chi connectivity index (χ1) is 14.3. The van der Waals surface area contributed by atoms with Crippen LogP contribution in [-0.2, 0) is 9.59 Å². The molecule has 0 atom stereocenters. The van der Waals surface area contributed by atoms with Gasteiger partial charge in [-0.1, -0.05) is 29.3 Å². The van der Waals surface area contributed by atoms with Crippen LogP contribution in [0.15, 0.2) is 42.0 Å². The van der Waals surface area contributed by atoms with E-state index >= 15 is 0 Å². The Hall–Kier alpha value is -3.32. The molecule has 1 saturated heterocycles. The molecule has 0 aliphatic carbocycles. The Kier molecular flexibility index (Phi) is 6.42. The minimum absolute atomic E-state index is 0.219. The number of barbiturate groups is 1. The second kappa shape index (κ2) is 9.00. The van der Waals surface area contributed by atoms with Crippen molar-refractivity contribution in [2.24, 2.45) is 0 Å². The Morgan fingerprint density at radius 2 is 1.60 bits per heavy atom. The van der Waals surface area contributed by atoms with E-state index in [0.717, 1.165) is 10.5 Å². The first-order valence-electron chi connectivity index (χ1n) is 9.43. The first kappa shape index (κ1) is 21.4. The van der Waals surface area contributed by atoms with Crippen LogP contribution in [0.5, 0.6) is 11.5 Å². The molecule has 156 valence electrons. The van der Waals surface area contributed by atoms with Gasteiger partial charge in [0.2, 0.25) is 0 Å². The number of nitrogens with zero attached hydrogens (tertiary/aromatic N) is 1. The normalized spacial score (nSPS) is 15.4. The largest absolute Gasteiger partial charge is 0.490 e. The third-order valence-corrected chi connectivity index (χ3v) is 4.68. The van der Waals surface area contributed by atoms with Gasteiger partial charge in [0.15, 0.2) is 11.5 Å². The minimum atomic E-state index is -0.807. The highest BCUT2D eigenvalue weighted by Gasteiger charge is 2.37. The summed E-state index contributed by atoms with van der Waals surface area (Å²) in [5, 5.41) is 2.47. The summed E-state index contributed by atoms with van der Waals surface area (Å²) in [7, 11) is 0. The van der Waals surface area contributed by atoms with Crippen molar-refractivity contribution in [2.45, 2.75) is 20.8 Å². The van der Waals surface area contributed by atoms with Crippen LogP contribution in [0.3, 0.4) is 0 Å². The van der Waals surface area contributed by atoms with E-state index in [-0.39, 0.29) is 10.6 Å². The summed E-state index contributed by atoms with van der Waals surface area (Å²) in [5.41, 5.74) is 1.50. The molecule has 1 heterocycles. The second-order valence-corrected chi connectivity index (χ2v) is 6.89. The van der Waals surface area contributed by atoms with E-state index in [9.17, 15) is 14.4 Å². The third-order valence-electron chi connectivity index (χ3n) is 4.36. The monoisotopic (exact) mass is 428 g/mol. The number of anilines is 1. The van der Waals surface area contributed by atoms with Crippen molar-refractivity contribution in [1.29, 1.82) is 0 Å². The van der Waals surface area contributed by atoms with E-state index in [0.29, 0.717) is 36.0 Å². The number of nitrogens with one attached hydrogen (secondary N) is 1. The molecule has 3 rings (SSSR count). The van der Waals surface area contributed by atoms with Gasteiger partial charge in [0.05, 0.1) is 23.9 Å². The zero-order valence-corrected chi connectivity index (χ0v) is 17.6. The number of imide groups is 2. The van der Waals surface area contributed by atoms with Crippen LogP contribution in [0.4, 0.5) is 10.5 Å². The Bertz CT molecular complexity index is 1030. The quantitative estimate of drug-likeness (QED) is 0.552. The molecule has 1 aliphatic heterocycles. The number of carbonyl (C=O) groups is 3. The fraction of sp³-hybridized carbons (Fsp3) is 0.227. The van der Waals surface area contributed by atoms with Crippen molar-refractivity contribution >= 4 is 41.2 Å². The number of urea groups is 1. The van der Waals surface area contributed by atoms with Crippen LogP contribution in [0.1, 0.15) is 25.0 Å². The lowest BCUT2D eigenvalue weighted by Gasteiger charge is -2.26. The van der Waals surface area contributed by atoms with Gasteiger partial charge in [0.1, 0.15) is 5.57 Å². The van der Waals surface area contributed by atoms with Crippen LogP contribution >= 0.6 is 11.6 Å². The maximum absolute atomic E-state index is 13.0. The zero-order chi connectivity index (χ0) is 21.8. The number of ether oxygens (including phenoxy) is 2. The van der Waals surface area contributed by atoms with Gasteiger partial charge < -0.3 is 9.47 Å². The van der Waals surface area contributed by atoms with Crippen LogP contribution in [0, 0.1) is 6.92 Å².